The fraction of sp³-hybridized carbons (Fsp3) is 0.444. The second-order valence-corrected chi connectivity index (χ2v) is 6.54. The molecule has 0 heterocycles. The van der Waals surface area contributed by atoms with E-state index in [1.807, 2.05) is 27.7 Å². The van der Waals surface area contributed by atoms with Crippen LogP contribution in [0.15, 0.2) is 24.3 Å². The fourth-order valence-corrected chi connectivity index (χ4v) is 2.27. The summed E-state index contributed by atoms with van der Waals surface area (Å²) in [4.78, 5) is 23.8. The molecule has 0 aliphatic rings. The first-order valence-corrected chi connectivity index (χ1v) is 7.51. The van der Waals surface area contributed by atoms with E-state index in [2.05, 4.69) is 16.6 Å². The molecule has 1 unspecified atom stereocenters. The molecule has 23 heavy (non-hydrogen) atoms. The van der Waals surface area contributed by atoms with E-state index in [1.54, 1.807) is 24.3 Å². The van der Waals surface area contributed by atoms with Gasteiger partial charge in [0.15, 0.2) is 0 Å². The van der Waals surface area contributed by atoms with Gasteiger partial charge in [-0.2, -0.15) is 0 Å². The minimum absolute atomic E-state index is 0.0576. The maximum absolute atomic E-state index is 11.9. The number of carbonyl (C=O) groups excluding carboxylic acids is 2. The Kier molecular flexibility index (Phi) is 6.35. The molecule has 0 spiro atoms. The van der Waals surface area contributed by atoms with Crippen LogP contribution in [0.25, 0.3) is 0 Å². The summed E-state index contributed by atoms with van der Waals surface area (Å²) in [6, 6.07) is 6.69. The molecule has 0 radical (unpaired) electrons. The van der Waals surface area contributed by atoms with Crippen molar-refractivity contribution in [2.45, 2.75) is 33.8 Å². The average Bonchev–Trinajstić information content (AvgIpc) is 2.51. The molecule has 0 saturated carbocycles. The van der Waals surface area contributed by atoms with Crippen molar-refractivity contribution in [3.8, 4) is 12.3 Å². The number of terminal acetylenes is 1. The molecule has 2 amide bonds. The molecule has 1 aromatic carbocycles. The number of aliphatic hydroxyl groups excluding tert-OH is 1. The maximum Gasteiger partial charge on any atom is 0.313 e. The SMILES string of the molecule is C#Cc1cccc(NC(=O)C(=O)NCC(C)(C)C(O)C(C)C)c1. The number of benzene rings is 1. The highest BCUT2D eigenvalue weighted by Gasteiger charge is 2.31. The molecular weight excluding hydrogens is 292 g/mol. The summed E-state index contributed by atoms with van der Waals surface area (Å²) in [5.41, 5.74) is 0.541. The van der Waals surface area contributed by atoms with Gasteiger partial charge < -0.3 is 15.7 Å². The van der Waals surface area contributed by atoms with Crippen molar-refractivity contribution in [1.29, 1.82) is 0 Å². The molecule has 0 aliphatic heterocycles. The quantitative estimate of drug-likeness (QED) is 0.572. The van der Waals surface area contributed by atoms with Gasteiger partial charge >= 0.3 is 11.8 Å². The van der Waals surface area contributed by atoms with Crippen LogP contribution in [0.2, 0.25) is 0 Å². The van der Waals surface area contributed by atoms with Crippen molar-refractivity contribution in [3.63, 3.8) is 0 Å². The lowest BCUT2D eigenvalue weighted by Gasteiger charge is -2.33. The summed E-state index contributed by atoms with van der Waals surface area (Å²) in [5.74, 6) is 0.997. The molecule has 0 aliphatic carbocycles. The van der Waals surface area contributed by atoms with E-state index in [0.29, 0.717) is 11.3 Å². The lowest BCUT2D eigenvalue weighted by molar-refractivity contribution is -0.136. The Labute approximate surface area is 137 Å². The number of amides is 2. The molecule has 5 nitrogen and oxygen atoms in total. The van der Waals surface area contributed by atoms with Gasteiger partial charge in [-0.15, -0.1) is 6.42 Å². The normalized spacial score (nSPS) is 12.4. The summed E-state index contributed by atoms with van der Waals surface area (Å²) < 4.78 is 0. The Hall–Kier alpha value is -2.32. The second kappa shape index (κ2) is 7.80. The van der Waals surface area contributed by atoms with Crippen LogP contribution in [0.1, 0.15) is 33.3 Å². The van der Waals surface area contributed by atoms with Crippen molar-refractivity contribution < 1.29 is 14.7 Å². The van der Waals surface area contributed by atoms with Crippen LogP contribution in [-0.2, 0) is 9.59 Å². The maximum atomic E-state index is 11.9. The third-order valence-electron chi connectivity index (χ3n) is 3.63. The zero-order valence-electron chi connectivity index (χ0n) is 14.0. The first-order chi connectivity index (χ1) is 10.7. The molecule has 5 heteroatoms. The van der Waals surface area contributed by atoms with E-state index < -0.39 is 23.3 Å². The number of carbonyl (C=O) groups is 2. The first-order valence-electron chi connectivity index (χ1n) is 7.51. The molecule has 1 atom stereocenters. The van der Waals surface area contributed by atoms with Crippen LogP contribution >= 0.6 is 0 Å². The van der Waals surface area contributed by atoms with E-state index >= 15 is 0 Å². The van der Waals surface area contributed by atoms with E-state index in [0.717, 1.165) is 0 Å². The summed E-state index contributed by atoms with van der Waals surface area (Å²) in [6.07, 6.45) is 4.71. The number of aliphatic hydroxyl groups is 1. The lowest BCUT2D eigenvalue weighted by Crippen LogP contribution is -2.46. The first kappa shape index (κ1) is 18.7. The standard InChI is InChI=1S/C18H24N2O3/c1-6-13-8-7-9-14(10-13)20-17(23)16(22)19-11-18(4,5)15(21)12(2)3/h1,7-10,12,15,21H,11H2,2-5H3,(H,19,22)(H,20,23). The molecule has 0 fully saturated rings. The molecule has 1 aromatic rings. The summed E-state index contributed by atoms with van der Waals surface area (Å²) >= 11 is 0. The van der Waals surface area contributed by atoms with Gasteiger partial charge in [-0.1, -0.05) is 39.7 Å². The zero-order chi connectivity index (χ0) is 17.6. The van der Waals surface area contributed by atoms with E-state index in [4.69, 9.17) is 6.42 Å². The van der Waals surface area contributed by atoms with Gasteiger partial charge in [-0.05, 0) is 24.1 Å². The molecule has 0 saturated heterocycles. The third kappa shape index (κ3) is 5.42. The van der Waals surface area contributed by atoms with Crippen molar-refractivity contribution in [2.24, 2.45) is 11.3 Å². The molecule has 0 bridgehead atoms. The van der Waals surface area contributed by atoms with Crippen LogP contribution in [0.5, 0.6) is 0 Å². The Bertz CT molecular complexity index is 615. The highest BCUT2D eigenvalue weighted by atomic mass is 16.3. The molecule has 1 rings (SSSR count). The van der Waals surface area contributed by atoms with Crippen molar-refractivity contribution >= 4 is 17.5 Å². The Balaban J connectivity index is 2.61. The van der Waals surface area contributed by atoms with Crippen molar-refractivity contribution in [3.05, 3.63) is 29.8 Å². The number of nitrogens with one attached hydrogen (secondary N) is 2. The van der Waals surface area contributed by atoms with Gasteiger partial charge in [0.2, 0.25) is 0 Å². The predicted molar refractivity (Wildman–Crippen MR) is 90.6 cm³/mol. The van der Waals surface area contributed by atoms with Crippen LogP contribution < -0.4 is 10.6 Å². The van der Waals surface area contributed by atoms with Gasteiger partial charge in [0.05, 0.1) is 6.10 Å². The van der Waals surface area contributed by atoms with E-state index in [-0.39, 0.29) is 12.5 Å². The van der Waals surface area contributed by atoms with Gasteiger partial charge in [0.25, 0.3) is 0 Å². The predicted octanol–water partition coefficient (Wildman–Crippen LogP) is 1.77. The zero-order valence-corrected chi connectivity index (χ0v) is 14.0. The van der Waals surface area contributed by atoms with Crippen LogP contribution in [0.4, 0.5) is 5.69 Å². The van der Waals surface area contributed by atoms with E-state index in [9.17, 15) is 14.7 Å². The minimum atomic E-state index is -0.769. The molecule has 3 N–H and O–H groups in total. The van der Waals surface area contributed by atoms with Crippen LogP contribution in [-0.4, -0.2) is 29.6 Å². The van der Waals surface area contributed by atoms with Crippen LogP contribution in [0.3, 0.4) is 0 Å². The average molecular weight is 316 g/mol. The smallest absolute Gasteiger partial charge is 0.313 e. The largest absolute Gasteiger partial charge is 0.392 e. The van der Waals surface area contributed by atoms with Gasteiger partial charge in [0, 0.05) is 23.2 Å². The number of hydrogen-bond acceptors (Lipinski definition) is 3. The highest BCUT2D eigenvalue weighted by Crippen LogP contribution is 2.25. The van der Waals surface area contributed by atoms with Gasteiger partial charge in [-0.25, -0.2) is 0 Å². The molecule has 0 aromatic heterocycles. The molecular formula is C18H24N2O3. The molecule has 124 valence electrons. The van der Waals surface area contributed by atoms with Gasteiger partial charge in [0.1, 0.15) is 0 Å². The summed E-state index contributed by atoms with van der Waals surface area (Å²) in [7, 11) is 0. The summed E-state index contributed by atoms with van der Waals surface area (Å²) in [6.45, 7) is 7.68. The fourth-order valence-electron chi connectivity index (χ4n) is 2.27. The lowest BCUT2D eigenvalue weighted by atomic mass is 9.81. The second-order valence-electron chi connectivity index (χ2n) is 6.54. The number of hydrogen-bond donors (Lipinski definition) is 3. The number of anilines is 1. The Morgan fingerprint density at radius 3 is 2.52 bits per heavy atom. The summed E-state index contributed by atoms with van der Waals surface area (Å²) in [5, 5.41) is 15.2. The third-order valence-corrected chi connectivity index (χ3v) is 3.63. The number of rotatable bonds is 5. The van der Waals surface area contributed by atoms with Gasteiger partial charge in [-0.3, -0.25) is 9.59 Å². The van der Waals surface area contributed by atoms with Crippen LogP contribution in [0, 0.1) is 23.7 Å². The van der Waals surface area contributed by atoms with E-state index in [1.165, 1.54) is 0 Å². The monoisotopic (exact) mass is 316 g/mol. The topological polar surface area (TPSA) is 78.4 Å². The van der Waals surface area contributed by atoms with Crippen molar-refractivity contribution in [2.75, 3.05) is 11.9 Å². The Morgan fingerprint density at radius 2 is 1.96 bits per heavy atom. The highest BCUT2D eigenvalue weighted by molar-refractivity contribution is 6.39. The van der Waals surface area contributed by atoms with Crippen molar-refractivity contribution in [1.82, 2.24) is 5.32 Å². The Morgan fingerprint density at radius 1 is 1.30 bits per heavy atom. The minimum Gasteiger partial charge on any atom is -0.392 e.